The molecule has 6 nitrogen and oxygen atoms in total. The summed E-state index contributed by atoms with van der Waals surface area (Å²) in [6, 6.07) is 3.61. The third-order valence-corrected chi connectivity index (χ3v) is 3.77. The standard InChI is InChI=1S/C11H12N4O2S/c16-10-7-3-4-15(6-8(7)13-14-10)11(17)12-9-2-1-5-18-9/h1-2,5H,3-4,6H2,(H,12,17)(H2,13,14,16). The Morgan fingerprint density at radius 3 is 3.11 bits per heavy atom. The van der Waals surface area contributed by atoms with Crippen molar-refractivity contribution in [1.29, 1.82) is 0 Å². The second-order valence-electron chi connectivity index (χ2n) is 4.12. The van der Waals surface area contributed by atoms with Crippen molar-refractivity contribution in [2.45, 2.75) is 13.0 Å². The van der Waals surface area contributed by atoms with Crippen LogP contribution in [0.5, 0.6) is 0 Å². The molecule has 3 heterocycles. The Hall–Kier alpha value is -2.02. The molecule has 94 valence electrons. The fraction of sp³-hybridized carbons (Fsp3) is 0.273. The third-order valence-electron chi connectivity index (χ3n) is 2.98. The highest BCUT2D eigenvalue weighted by Crippen LogP contribution is 2.18. The van der Waals surface area contributed by atoms with Gasteiger partial charge in [-0.15, -0.1) is 11.3 Å². The smallest absolute Gasteiger partial charge is 0.318 e. The van der Waals surface area contributed by atoms with Crippen molar-refractivity contribution in [2.75, 3.05) is 11.9 Å². The normalized spacial score (nSPS) is 14.3. The number of H-pyrrole nitrogens is 2. The number of hydrogen-bond acceptors (Lipinski definition) is 3. The molecule has 2 aromatic rings. The summed E-state index contributed by atoms with van der Waals surface area (Å²) in [6.45, 7) is 0.996. The highest BCUT2D eigenvalue weighted by Gasteiger charge is 2.23. The number of aromatic nitrogens is 2. The lowest BCUT2D eigenvalue weighted by Crippen LogP contribution is -2.39. The van der Waals surface area contributed by atoms with Crippen LogP contribution in [0.3, 0.4) is 0 Å². The maximum atomic E-state index is 12.0. The molecule has 1 aliphatic heterocycles. The summed E-state index contributed by atoms with van der Waals surface area (Å²) in [5.41, 5.74) is 1.48. The monoisotopic (exact) mass is 264 g/mol. The SMILES string of the molecule is O=C(Nc1cccs1)N1CCc2c([nH][nH]c2=O)C1. The second-order valence-corrected chi connectivity index (χ2v) is 5.06. The van der Waals surface area contributed by atoms with Crippen LogP contribution in [0, 0.1) is 0 Å². The summed E-state index contributed by atoms with van der Waals surface area (Å²) >= 11 is 1.48. The van der Waals surface area contributed by atoms with Crippen LogP contribution < -0.4 is 10.9 Å². The zero-order chi connectivity index (χ0) is 12.5. The predicted octanol–water partition coefficient (Wildman–Crippen LogP) is 1.35. The van der Waals surface area contributed by atoms with Crippen molar-refractivity contribution in [3.8, 4) is 0 Å². The Morgan fingerprint density at radius 1 is 1.44 bits per heavy atom. The van der Waals surface area contributed by atoms with Crippen LogP contribution in [0.25, 0.3) is 0 Å². The summed E-state index contributed by atoms with van der Waals surface area (Å²) in [7, 11) is 0. The van der Waals surface area contributed by atoms with E-state index in [-0.39, 0.29) is 11.6 Å². The topological polar surface area (TPSA) is 81.0 Å². The molecule has 0 spiro atoms. The number of anilines is 1. The van der Waals surface area contributed by atoms with Gasteiger partial charge in [-0.1, -0.05) is 0 Å². The molecule has 0 atom stereocenters. The molecule has 0 bridgehead atoms. The van der Waals surface area contributed by atoms with Crippen LogP contribution in [-0.2, 0) is 13.0 Å². The first-order chi connectivity index (χ1) is 8.74. The van der Waals surface area contributed by atoms with Gasteiger partial charge in [-0.2, -0.15) is 0 Å². The number of carbonyl (C=O) groups is 1. The van der Waals surface area contributed by atoms with Gasteiger partial charge in [-0.25, -0.2) is 4.79 Å². The molecule has 0 saturated carbocycles. The lowest BCUT2D eigenvalue weighted by molar-refractivity contribution is 0.205. The van der Waals surface area contributed by atoms with Crippen LogP contribution in [0.15, 0.2) is 22.3 Å². The fourth-order valence-corrected chi connectivity index (χ4v) is 2.65. The van der Waals surface area contributed by atoms with E-state index in [1.807, 2.05) is 17.5 Å². The van der Waals surface area contributed by atoms with Crippen molar-refractivity contribution in [1.82, 2.24) is 15.1 Å². The third kappa shape index (κ3) is 1.92. The lowest BCUT2D eigenvalue weighted by Gasteiger charge is -2.26. The quantitative estimate of drug-likeness (QED) is 0.727. The number of nitrogens with one attached hydrogen (secondary N) is 3. The van der Waals surface area contributed by atoms with E-state index in [1.54, 1.807) is 4.90 Å². The Labute approximate surface area is 107 Å². The first-order valence-electron chi connectivity index (χ1n) is 5.62. The second kappa shape index (κ2) is 4.34. The summed E-state index contributed by atoms with van der Waals surface area (Å²) in [5, 5.41) is 10.9. The molecular formula is C11H12N4O2S. The van der Waals surface area contributed by atoms with Crippen molar-refractivity contribution in [2.24, 2.45) is 0 Å². The van der Waals surface area contributed by atoms with E-state index in [0.717, 1.165) is 16.3 Å². The first-order valence-corrected chi connectivity index (χ1v) is 6.50. The van der Waals surface area contributed by atoms with Gasteiger partial charge in [-0.3, -0.25) is 15.2 Å². The summed E-state index contributed by atoms with van der Waals surface area (Å²) in [5.74, 6) is 0. The molecule has 1 aliphatic rings. The van der Waals surface area contributed by atoms with Crippen molar-refractivity contribution >= 4 is 22.4 Å². The minimum Gasteiger partial charge on any atom is -0.318 e. The number of fused-ring (bicyclic) bond motifs is 1. The van der Waals surface area contributed by atoms with Gasteiger partial charge >= 0.3 is 6.03 Å². The zero-order valence-corrected chi connectivity index (χ0v) is 10.3. The van der Waals surface area contributed by atoms with E-state index in [0.29, 0.717) is 19.5 Å². The van der Waals surface area contributed by atoms with E-state index in [9.17, 15) is 9.59 Å². The van der Waals surface area contributed by atoms with Gasteiger partial charge in [0, 0.05) is 12.1 Å². The Balaban J connectivity index is 1.72. The first kappa shape index (κ1) is 11.1. The molecule has 0 aromatic carbocycles. The van der Waals surface area contributed by atoms with Crippen LogP contribution in [0.4, 0.5) is 9.80 Å². The molecule has 2 aromatic heterocycles. The number of thiophene rings is 1. The van der Waals surface area contributed by atoms with Gasteiger partial charge in [0.05, 0.1) is 17.2 Å². The van der Waals surface area contributed by atoms with Gasteiger partial charge in [-0.05, 0) is 23.9 Å². The molecule has 7 heteroatoms. The molecule has 3 rings (SSSR count). The van der Waals surface area contributed by atoms with Gasteiger partial charge < -0.3 is 10.00 Å². The number of rotatable bonds is 1. The van der Waals surface area contributed by atoms with E-state index >= 15 is 0 Å². The van der Waals surface area contributed by atoms with Gasteiger partial charge in [0.25, 0.3) is 5.56 Å². The van der Waals surface area contributed by atoms with Crippen LogP contribution in [0.2, 0.25) is 0 Å². The average Bonchev–Trinajstić information content (AvgIpc) is 2.99. The van der Waals surface area contributed by atoms with E-state index in [1.165, 1.54) is 11.3 Å². The maximum absolute atomic E-state index is 12.0. The number of urea groups is 1. The zero-order valence-electron chi connectivity index (χ0n) is 9.53. The number of aromatic amines is 2. The molecule has 0 aliphatic carbocycles. The van der Waals surface area contributed by atoms with E-state index in [4.69, 9.17) is 0 Å². The van der Waals surface area contributed by atoms with Crippen LogP contribution >= 0.6 is 11.3 Å². The molecule has 0 fully saturated rings. The fourth-order valence-electron chi connectivity index (χ4n) is 2.04. The molecule has 2 amide bonds. The molecule has 0 saturated heterocycles. The van der Waals surface area contributed by atoms with Crippen LogP contribution in [-0.4, -0.2) is 27.7 Å². The number of nitrogens with zero attached hydrogens (tertiary/aromatic N) is 1. The lowest BCUT2D eigenvalue weighted by atomic mass is 10.1. The van der Waals surface area contributed by atoms with E-state index < -0.39 is 0 Å². The van der Waals surface area contributed by atoms with Crippen LogP contribution in [0.1, 0.15) is 11.3 Å². The van der Waals surface area contributed by atoms with E-state index in [2.05, 4.69) is 15.5 Å². The van der Waals surface area contributed by atoms with Crippen molar-refractivity contribution in [3.05, 3.63) is 39.1 Å². The summed E-state index contributed by atoms with van der Waals surface area (Å²) < 4.78 is 0. The number of amides is 2. The average molecular weight is 264 g/mol. The predicted molar refractivity (Wildman–Crippen MR) is 68.9 cm³/mol. The maximum Gasteiger partial charge on any atom is 0.322 e. The molecule has 18 heavy (non-hydrogen) atoms. The summed E-state index contributed by atoms with van der Waals surface area (Å²) in [4.78, 5) is 25.1. The number of carbonyl (C=O) groups excluding carboxylic acids is 1. The largest absolute Gasteiger partial charge is 0.322 e. The minimum atomic E-state index is -0.134. The highest BCUT2D eigenvalue weighted by atomic mass is 32.1. The summed E-state index contributed by atoms with van der Waals surface area (Å²) in [6.07, 6.45) is 0.589. The highest BCUT2D eigenvalue weighted by molar-refractivity contribution is 7.14. The molecule has 3 N–H and O–H groups in total. The Kier molecular flexibility index (Phi) is 2.67. The molecular weight excluding hydrogens is 252 g/mol. The molecule has 0 unspecified atom stereocenters. The van der Waals surface area contributed by atoms with Gasteiger partial charge in [0.2, 0.25) is 0 Å². The minimum absolute atomic E-state index is 0.0803. The molecule has 0 radical (unpaired) electrons. The van der Waals surface area contributed by atoms with Crippen molar-refractivity contribution < 1.29 is 4.79 Å². The van der Waals surface area contributed by atoms with Gasteiger partial charge in [0.15, 0.2) is 0 Å². The van der Waals surface area contributed by atoms with Gasteiger partial charge in [0.1, 0.15) is 0 Å². The van der Waals surface area contributed by atoms with Crippen molar-refractivity contribution in [3.63, 3.8) is 0 Å². The number of hydrogen-bond donors (Lipinski definition) is 3. The Morgan fingerprint density at radius 2 is 2.33 bits per heavy atom. The Bertz CT molecular complexity index is 613.